The fraction of sp³-hybridized carbons (Fsp3) is 0. The van der Waals surface area contributed by atoms with Crippen molar-refractivity contribution in [3.8, 4) is 0 Å². The number of nitrogens with one attached hydrogen (secondary N) is 1. The molecule has 3 nitrogen and oxygen atoms in total. The van der Waals surface area contributed by atoms with Gasteiger partial charge in [-0.1, -0.05) is 140 Å². The number of hydrogen-bond donors (Lipinski definition) is 1. The molecule has 37 heavy (non-hydrogen) atoms. The van der Waals surface area contributed by atoms with Gasteiger partial charge in [0.05, 0.1) is 5.29 Å². The van der Waals surface area contributed by atoms with E-state index in [1.54, 1.807) is 12.1 Å². The molecule has 0 aliphatic rings. The maximum Gasteiger partial charge on any atom is 0.260 e. The van der Waals surface area contributed by atoms with Crippen LogP contribution in [0.15, 0.2) is 152 Å². The van der Waals surface area contributed by atoms with Crippen molar-refractivity contribution in [2.24, 2.45) is 0 Å². The number of ketones is 1. The highest BCUT2D eigenvalue weighted by Gasteiger charge is 2.37. The number of anilines is 1. The van der Waals surface area contributed by atoms with Crippen LogP contribution < -0.4 is 21.2 Å². The molecule has 4 heteroatoms. The van der Waals surface area contributed by atoms with E-state index in [4.69, 9.17) is 0 Å². The SMILES string of the molecule is O=C(Nc1ccccc1)C(C(=O)c1ccccc1)=P(c1ccccc1)(c1ccccc1)c1ccccc1. The smallest absolute Gasteiger partial charge is 0.260 e. The van der Waals surface area contributed by atoms with E-state index in [2.05, 4.69) is 5.32 Å². The molecule has 0 bridgehead atoms. The van der Waals surface area contributed by atoms with Gasteiger partial charge >= 0.3 is 0 Å². The van der Waals surface area contributed by atoms with Crippen LogP contribution in [-0.2, 0) is 4.79 Å². The highest BCUT2D eigenvalue weighted by Crippen LogP contribution is 2.47. The molecule has 1 N–H and O–H groups in total. The third-order valence-electron chi connectivity index (χ3n) is 6.26. The largest absolute Gasteiger partial charge is 0.322 e. The van der Waals surface area contributed by atoms with Crippen LogP contribution in [-0.4, -0.2) is 17.0 Å². The van der Waals surface area contributed by atoms with Crippen molar-refractivity contribution in [3.05, 3.63) is 157 Å². The number of amides is 1. The fourth-order valence-corrected chi connectivity index (χ4v) is 8.96. The topological polar surface area (TPSA) is 46.2 Å². The van der Waals surface area contributed by atoms with E-state index < -0.39 is 12.8 Å². The lowest BCUT2D eigenvalue weighted by molar-refractivity contribution is -0.110. The Morgan fingerprint density at radius 2 is 0.811 bits per heavy atom. The number of benzene rings is 5. The van der Waals surface area contributed by atoms with E-state index in [1.165, 1.54) is 0 Å². The van der Waals surface area contributed by atoms with Crippen LogP contribution in [0.3, 0.4) is 0 Å². The van der Waals surface area contributed by atoms with Gasteiger partial charge in [-0.05, 0) is 34.9 Å². The van der Waals surface area contributed by atoms with Gasteiger partial charge in [-0.15, -0.1) is 0 Å². The zero-order chi connectivity index (χ0) is 25.5. The van der Waals surface area contributed by atoms with Gasteiger partial charge in [0, 0.05) is 11.3 Å². The first-order chi connectivity index (χ1) is 18.2. The first-order valence-corrected chi connectivity index (χ1v) is 13.9. The molecule has 0 fully saturated rings. The van der Waals surface area contributed by atoms with Crippen molar-refractivity contribution < 1.29 is 9.59 Å². The van der Waals surface area contributed by atoms with E-state index in [1.807, 2.05) is 140 Å². The number of carbonyl (C=O) groups excluding carboxylic acids is 2. The van der Waals surface area contributed by atoms with Crippen LogP contribution in [0, 0.1) is 0 Å². The summed E-state index contributed by atoms with van der Waals surface area (Å²) in [5.41, 5.74) is 1.12. The van der Waals surface area contributed by atoms with Gasteiger partial charge in [-0.25, -0.2) is 0 Å². The highest BCUT2D eigenvalue weighted by atomic mass is 31.2. The maximum atomic E-state index is 14.5. The lowest BCUT2D eigenvalue weighted by atomic mass is 10.1. The van der Waals surface area contributed by atoms with Crippen LogP contribution in [0.5, 0.6) is 0 Å². The second-order valence-corrected chi connectivity index (χ2v) is 11.9. The molecular weight excluding hydrogens is 473 g/mol. The molecule has 0 saturated carbocycles. The Bertz CT molecular complexity index is 1450. The summed E-state index contributed by atoms with van der Waals surface area (Å²) in [5.74, 6) is -0.677. The molecule has 0 spiro atoms. The zero-order valence-electron chi connectivity index (χ0n) is 20.2. The summed E-state index contributed by atoms with van der Waals surface area (Å²) in [6.45, 7) is -2.92. The Balaban J connectivity index is 1.95. The van der Waals surface area contributed by atoms with Gasteiger partial charge in [-0.2, -0.15) is 0 Å². The van der Waals surface area contributed by atoms with Gasteiger partial charge in [0.25, 0.3) is 5.91 Å². The lowest BCUT2D eigenvalue weighted by Crippen LogP contribution is -2.40. The van der Waals surface area contributed by atoms with Crippen LogP contribution in [0.1, 0.15) is 10.4 Å². The quantitative estimate of drug-likeness (QED) is 0.178. The minimum absolute atomic E-state index is 0.242. The predicted octanol–water partition coefficient (Wildman–Crippen LogP) is 5.67. The van der Waals surface area contributed by atoms with E-state index in [-0.39, 0.29) is 11.1 Å². The predicted molar refractivity (Wildman–Crippen MR) is 156 cm³/mol. The molecule has 5 aromatic rings. The first kappa shape index (κ1) is 24.2. The second-order valence-electron chi connectivity index (χ2n) is 8.54. The van der Waals surface area contributed by atoms with Crippen molar-refractivity contribution >= 4 is 45.5 Å². The molecule has 180 valence electrons. The van der Waals surface area contributed by atoms with Crippen LogP contribution >= 0.6 is 6.89 Å². The molecule has 0 atom stereocenters. The maximum absolute atomic E-state index is 14.5. The molecule has 5 rings (SSSR count). The molecule has 1 amide bonds. The molecule has 0 heterocycles. The van der Waals surface area contributed by atoms with Gasteiger partial charge in [-0.3, -0.25) is 9.59 Å². The van der Waals surface area contributed by atoms with Gasteiger partial charge < -0.3 is 5.32 Å². The Morgan fingerprint density at radius 1 is 0.459 bits per heavy atom. The number of Topliss-reactive ketones (excluding diaryl/α,β-unsaturated/α-hetero) is 1. The summed E-state index contributed by atoms with van der Waals surface area (Å²) < 4.78 is 0. The Labute approximate surface area is 217 Å². The summed E-state index contributed by atoms with van der Waals surface area (Å²) in [4.78, 5) is 28.8. The average Bonchev–Trinajstić information content (AvgIpc) is 2.98. The summed E-state index contributed by atoms with van der Waals surface area (Å²) in [5, 5.41) is 6.10. The Morgan fingerprint density at radius 3 is 1.22 bits per heavy atom. The zero-order valence-corrected chi connectivity index (χ0v) is 21.1. The number of para-hydroxylation sites is 1. The van der Waals surface area contributed by atoms with Crippen LogP contribution in [0.2, 0.25) is 0 Å². The van der Waals surface area contributed by atoms with E-state index in [0.29, 0.717) is 11.3 Å². The summed E-state index contributed by atoms with van der Waals surface area (Å²) in [6.07, 6.45) is 0. The van der Waals surface area contributed by atoms with Crippen molar-refractivity contribution in [2.75, 3.05) is 5.32 Å². The molecule has 0 saturated heterocycles. The number of rotatable bonds is 7. The van der Waals surface area contributed by atoms with E-state index in [0.717, 1.165) is 15.9 Å². The molecule has 0 aliphatic heterocycles. The molecule has 0 radical (unpaired) electrons. The van der Waals surface area contributed by atoms with Gasteiger partial charge in [0.2, 0.25) is 0 Å². The van der Waals surface area contributed by atoms with E-state index >= 15 is 0 Å². The van der Waals surface area contributed by atoms with Gasteiger partial charge in [0.1, 0.15) is 0 Å². The second kappa shape index (κ2) is 11.1. The van der Waals surface area contributed by atoms with Crippen molar-refractivity contribution in [2.45, 2.75) is 0 Å². The lowest BCUT2D eigenvalue weighted by Gasteiger charge is -2.32. The molecule has 0 aliphatic carbocycles. The van der Waals surface area contributed by atoms with Crippen molar-refractivity contribution in [1.82, 2.24) is 0 Å². The van der Waals surface area contributed by atoms with Crippen molar-refractivity contribution in [3.63, 3.8) is 0 Å². The summed E-state index contributed by atoms with van der Waals surface area (Å²) >= 11 is 0. The standard InChI is InChI=1S/C33H26NO2P/c35-31(26-16-6-1-7-17-26)32(33(36)34-27-18-8-2-9-19-27)37(28-20-10-3-11-21-28,29-22-12-4-13-23-29)30-24-14-5-15-25-30/h1-25H,(H,34,36). The van der Waals surface area contributed by atoms with Crippen LogP contribution in [0.4, 0.5) is 5.69 Å². The molecular formula is C33H26NO2P. The van der Waals surface area contributed by atoms with Crippen LogP contribution in [0.25, 0.3) is 0 Å². The third kappa shape index (κ3) is 4.82. The van der Waals surface area contributed by atoms with Gasteiger partial charge in [0.15, 0.2) is 5.78 Å². The fourth-order valence-electron chi connectivity index (χ4n) is 4.64. The molecule has 0 unspecified atom stereocenters. The summed E-state index contributed by atoms with van der Waals surface area (Å²) in [6, 6.07) is 48.2. The highest BCUT2D eigenvalue weighted by molar-refractivity contribution is 7.97. The molecule has 0 aromatic heterocycles. The first-order valence-electron chi connectivity index (χ1n) is 12.1. The normalized spacial score (nSPS) is 10.9. The number of carbonyl (C=O) groups is 2. The summed E-state index contributed by atoms with van der Waals surface area (Å²) in [7, 11) is 0. The monoisotopic (exact) mass is 499 g/mol. The Kier molecular flexibility index (Phi) is 7.26. The minimum atomic E-state index is -2.92. The average molecular weight is 500 g/mol. The number of hydrogen-bond acceptors (Lipinski definition) is 2. The molecule has 5 aromatic carbocycles. The minimum Gasteiger partial charge on any atom is -0.322 e. The third-order valence-corrected chi connectivity index (χ3v) is 10.6. The van der Waals surface area contributed by atoms with E-state index in [9.17, 15) is 9.59 Å². The van der Waals surface area contributed by atoms with Crippen molar-refractivity contribution in [1.29, 1.82) is 0 Å². The Hall–Kier alpha value is -4.46.